The molecule has 6 N–H and O–H groups in total. The van der Waals surface area contributed by atoms with Crippen LogP contribution in [0.5, 0.6) is 5.75 Å². The standard InChI is InChI=1S/C18H26N8O2S/c1-12(16-23-18(21)29-25-16)24-28-8-7-27-15-4-3-13-10-26(11-14(13)9-15)17(20)22-6-2-5-19/h3-4,9H,2,5-8,10-11,19H2,1H3,(H2,20,22)(H2,21,23,25)/b24-12+. The first-order valence-corrected chi connectivity index (χ1v) is 10.1. The van der Waals surface area contributed by atoms with Crippen molar-refractivity contribution in [1.29, 1.82) is 5.41 Å². The van der Waals surface area contributed by atoms with Gasteiger partial charge in [0.15, 0.2) is 23.5 Å². The summed E-state index contributed by atoms with van der Waals surface area (Å²) in [5, 5.41) is 15.6. The lowest BCUT2D eigenvalue weighted by Crippen LogP contribution is -2.38. The molecule has 156 valence electrons. The molecule has 0 fully saturated rings. The van der Waals surface area contributed by atoms with E-state index < -0.39 is 0 Å². The Kier molecular flexibility index (Phi) is 7.19. The zero-order valence-electron chi connectivity index (χ0n) is 16.4. The van der Waals surface area contributed by atoms with E-state index in [9.17, 15) is 0 Å². The number of nitrogens with zero attached hydrogens (tertiary/aromatic N) is 4. The number of benzene rings is 1. The summed E-state index contributed by atoms with van der Waals surface area (Å²) in [5.41, 5.74) is 14.0. The number of guanidine groups is 1. The first-order valence-electron chi connectivity index (χ1n) is 9.35. The molecule has 0 aliphatic carbocycles. The van der Waals surface area contributed by atoms with E-state index in [2.05, 4.69) is 19.8 Å². The van der Waals surface area contributed by atoms with Crippen LogP contribution in [0.2, 0.25) is 0 Å². The first kappa shape index (κ1) is 20.8. The molecule has 11 heteroatoms. The number of fused-ring (bicyclic) bond motifs is 1. The minimum atomic E-state index is 0.301. The van der Waals surface area contributed by atoms with Crippen molar-refractivity contribution in [3.63, 3.8) is 0 Å². The number of nitrogens with two attached hydrogens (primary N) is 2. The normalized spacial score (nSPS) is 13.3. The Hall–Kier alpha value is -2.92. The van der Waals surface area contributed by atoms with Crippen molar-refractivity contribution in [1.82, 2.24) is 19.6 Å². The molecule has 0 atom stereocenters. The highest BCUT2D eigenvalue weighted by atomic mass is 32.1. The largest absolute Gasteiger partial charge is 0.490 e. The number of nitrogen functional groups attached to an aromatic ring is 1. The van der Waals surface area contributed by atoms with Crippen LogP contribution in [0.4, 0.5) is 5.13 Å². The van der Waals surface area contributed by atoms with Gasteiger partial charge >= 0.3 is 0 Å². The van der Waals surface area contributed by atoms with Crippen LogP contribution in [-0.4, -0.2) is 52.2 Å². The topological polar surface area (TPSA) is 148 Å². The highest BCUT2D eigenvalue weighted by molar-refractivity contribution is 7.09. The smallest absolute Gasteiger partial charge is 0.200 e. The lowest BCUT2D eigenvalue weighted by atomic mass is 10.1. The van der Waals surface area contributed by atoms with E-state index in [4.69, 9.17) is 26.5 Å². The lowest BCUT2D eigenvalue weighted by Gasteiger charge is -2.19. The first-order chi connectivity index (χ1) is 14.1. The van der Waals surface area contributed by atoms with Crippen molar-refractivity contribution in [3.05, 3.63) is 35.2 Å². The number of hydrogen-bond acceptors (Lipinski definition) is 9. The fourth-order valence-electron chi connectivity index (χ4n) is 2.80. The molecule has 0 unspecified atom stereocenters. The van der Waals surface area contributed by atoms with Crippen molar-refractivity contribution in [2.24, 2.45) is 10.9 Å². The molecule has 1 aliphatic rings. The summed E-state index contributed by atoms with van der Waals surface area (Å²) < 4.78 is 9.82. The van der Waals surface area contributed by atoms with E-state index in [1.807, 2.05) is 23.1 Å². The molecule has 0 saturated heterocycles. The van der Waals surface area contributed by atoms with E-state index in [-0.39, 0.29) is 0 Å². The maximum atomic E-state index is 8.15. The van der Waals surface area contributed by atoms with Crippen molar-refractivity contribution in [3.8, 4) is 5.75 Å². The Morgan fingerprint density at radius 2 is 2.17 bits per heavy atom. The van der Waals surface area contributed by atoms with Gasteiger partial charge in [0.05, 0.1) is 0 Å². The summed E-state index contributed by atoms with van der Waals surface area (Å²) in [7, 11) is 0. The summed E-state index contributed by atoms with van der Waals surface area (Å²) in [6.45, 7) is 5.16. The van der Waals surface area contributed by atoms with Gasteiger partial charge in [0.1, 0.15) is 18.1 Å². The predicted molar refractivity (Wildman–Crippen MR) is 113 cm³/mol. The number of rotatable bonds is 9. The fraction of sp³-hybridized carbons (Fsp3) is 0.444. The van der Waals surface area contributed by atoms with E-state index in [0.29, 0.717) is 55.5 Å². The molecule has 0 saturated carbocycles. The molecule has 10 nitrogen and oxygen atoms in total. The average molecular weight is 419 g/mol. The monoisotopic (exact) mass is 418 g/mol. The molecular formula is C18H26N8O2S. The van der Waals surface area contributed by atoms with Gasteiger partial charge in [-0.2, -0.15) is 9.36 Å². The number of ether oxygens (including phenoxy) is 1. The Balaban J connectivity index is 1.42. The van der Waals surface area contributed by atoms with Gasteiger partial charge in [-0.15, -0.1) is 0 Å². The fourth-order valence-corrected chi connectivity index (χ4v) is 3.28. The van der Waals surface area contributed by atoms with Crippen LogP contribution in [0, 0.1) is 5.41 Å². The summed E-state index contributed by atoms with van der Waals surface area (Å²) >= 11 is 1.12. The third-order valence-corrected chi connectivity index (χ3v) is 4.84. The van der Waals surface area contributed by atoms with Crippen LogP contribution in [-0.2, 0) is 17.9 Å². The van der Waals surface area contributed by atoms with Gasteiger partial charge in [-0.25, -0.2) is 0 Å². The summed E-state index contributed by atoms with van der Waals surface area (Å²) in [6.07, 6.45) is 0.848. The average Bonchev–Trinajstić information content (AvgIpc) is 3.33. The van der Waals surface area contributed by atoms with Crippen LogP contribution in [0.25, 0.3) is 0 Å². The predicted octanol–water partition coefficient (Wildman–Crippen LogP) is 1.13. The molecule has 0 bridgehead atoms. The Labute approximate surface area is 173 Å². The second-order valence-electron chi connectivity index (χ2n) is 6.52. The number of anilines is 1. The van der Waals surface area contributed by atoms with Gasteiger partial charge in [0.25, 0.3) is 0 Å². The highest BCUT2D eigenvalue weighted by Gasteiger charge is 2.21. The van der Waals surface area contributed by atoms with Gasteiger partial charge in [0, 0.05) is 31.2 Å². The van der Waals surface area contributed by atoms with Crippen LogP contribution in [0.3, 0.4) is 0 Å². The zero-order valence-corrected chi connectivity index (χ0v) is 17.2. The number of oxime groups is 1. The van der Waals surface area contributed by atoms with Crippen LogP contribution in [0.15, 0.2) is 23.4 Å². The van der Waals surface area contributed by atoms with Gasteiger partial charge < -0.3 is 31.3 Å². The minimum Gasteiger partial charge on any atom is -0.490 e. The van der Waals surface area contributed by atoms with Crippen molar-refractivity contribution in [2.75, 3.05) is 32.0 Å². The van der Waals surface area contributed by atoms with Crippen molar-refractivity contribution < 1.29 is 9.57 Å². The summed E-state index contributed by atoms with van der Waals surface area (Å²) in [6, 6.07) is 5.99. The maximum Gasteiger partial charge on any atom is 0.200 e. The zero-order chi connectivity index (χ0) is 20.6. The van der Waals surface area contributed by atoms with E-state index in [1.165, 1.54) is 5.56 Å². The van der Waals surface area contributed by atoms with E-state index >= 15 is 0 Å². The molecular weight excluding hydrogens is 392 g/mol. The summed E-state index contributed by atoms with van der Waals surface area (Å²) in [5.74, 6) is 1.67. The lowest BCUT2D eigenvalue weighted by molar-refractivity contribution is 0.107. The van der Waals surface area contributed by atoms with Crippen molar-refractivity contribution >= 4 is 28.3 Å². The Bertz CT molecular complexity index is 869. The maximum absolute atomic E-state index is 8.15. The molecule has 29 heavy (non-hydrogen) atoms. The van der Waals surface area contributed by atoms with Crippen molar-refractivity contribution in [2.45, 2.75) is 26.4 Å². The molecule has 0 radical (unpaired) electrons. The second kappa shape index (κ2) is 10.0. The molecule has 0 spiro atoms. The second-order valence-corrected chi connectivity index (χ2v) is 7.30. The van der Waals surface area contributed by atoms with Gasteiger partial charge in [-0.05, 0) is 43.1 Å². The third-order valence-electron chi connectivity index (χ3n) is 4.30. The quantitative estimate of drug-likeness (QED) is 0.205. The van der Waals surface area contributed by atoms with Crippen LogP contribution < -0.4 is 21.5 Å². The molecule has 1 aliphatic heterocycles. The highest BCUT2D eigenvalue weighted by Crippen LogP contribution is 2.26. The number of nitrogens with one attached hydrogen (secondary N) is 2. The molecule has 0 amide bonds. The van der Waals surface area contributed by atoms with Gasteiger partial charge in [0.2, 0.25) is 0 Å². The SMILES string of the molecule is C/C(=N\OCCOc1ccc2c(c1)CN(C(=N)NCCCN)C2)c1nsc(N)n1. The molecule has 3 rings (SSSR count). The third kappa shape index (κ3) is 5.78. The number of aromatic nitrogens is 2. The Morgan fingerprint density at radius 1 is 1.34 bits per heavy atom. The Morgan fingerprint density at radius 3 is 2.93 bits per heavy atom. The summed E-state index contributed by atoms with van der Waals surface area (Å²) in [4.78, 5) is 11.3. The van der Waals surface area contributed by atoms with Crippen LogP contribution >= 0.6 is 11.5 Å². The molecule has 1 aromatic carbocycles. The molecule has 2 heterocycles. The number of hydrogen-bond donors (Lipinski definition) is 4. The molecule has 2 aromatic rings. The van der Waals surface area contributed by atoms with E-state index in [1.54, 1.807) is 6.92 Å². The van der Waals surface area contributed by atoms with E-state index in [0.717, 1.165) is 35.8 Å². The van der Waals surface area contributed by atoms with Crippen LogP contribution in [0.1, 0.15) is 30.3 Å². The van der Waals surface area contributed by atoms with Gasteiger partial charge in [-0.3, -0.25) is 5.41 Å². The molecule has 1 aromatic heterocycles. The van der Waals surface area contributed by atoms with Gasteiger partial charge in [-0.1, -0.05) is 11.2 Å². The minimum absolute atomic E-state index is 0.301.